The molecule has 1 saturated heterocycles. The highest BCUT2D eigenvalue weighted by Crippen LogP contribution is 2.22. The highest BCUT2D eigenvalue weighted by atomic mass is 16.3. The Bertz CT molecular complexity index is 510. The van der Waals surface area contributed by atoms with Crippen molar-refractivity contribution in [2.24, 2.45) is 0 Å². The van der Waals surface area contributed by atoms with Gasteiger partial charge in [0.2, 0.25) is 5.95 Å². The average Bonchev–Trinajstić information content (AvgIpc) is 2.91. The third-order valence-electron chi connectivity index (χ3n) is 3.17. The van der Waals surface area contributed by atoms with E-state index in [1.165, 1.54) is 0 Å². The molecule has 0 aromatic carbocycles. The third-order valence-corrected chi connectivity index (χ3v) is 3.17. The molecule has 1 aliphatic heterocycles. The minimum atomic E-state index is 0.699. The number of aromatic nitrogens is 3. The van der Waals surface area contributed by atoms with Gasteiger partial charge in [0.05, 0.1) is 6.26 Å². The van der Waals surface area contributed by atoms with Gasteiger partial charge in [-0.15, -0.1) is 5.10 Å². The molecule has 6 heteroatoms. The Kier molecular flexibility index (Phi) is 3.02. The fourth-order valence-electron chi connectivity index (χ4n) is 2.16. The van der Waals surface area contributed by atoms with Gasteiger partial charge in [0.25, 0.3) is 0 Å². The van der Waals surface area contributed by atoms with Crippen LogP contribution in [-0.4, -0.2) is 41.4 Å². The van der Waals surface area contributed by atoms with E-state index in [0.29, 0.717) is 5.82 Å². The molecule has 0 atom stereocenters. The Morgan fingerprint density at radius 3 is 3.11 bits per heavy atom. The lowest BCUT2D eigenvalue weighted by Gasteiger charge is -2.16. The fourth-order valence-corrected chi connectivity index (χ4v) is 2.16. The Hall–Kier alpha value is -1.82. The van der Waals surface area contributed by atoms with Crippen molar-refractivity contribution in [2.45, 2.75) is 13.3 Å². The number of hydrogen-bond acceptors (Lipinski definition) is 5. The molecule has 0 aliphatic carbocycles. The SMILES string of the molecule is Cc1ccoc1-c1nc(N2CCCNCC2)n[nH]1. The van der Waals surface area contributed by atoms with Crippen LogP contribution in [0, 0.1) is 6.92 Å². The van der Waals surface area contributed by atoms with E-state index in [-0.39, 0.29) is 0 Å². The standard InChI is InChI=1S/C12H17N5O/c1-9-3-8-18-10(9)11-14-12(16-15-11)17-6-2-4-13-5-7-17/h3,8,13H,2,4-7H2,1H3,(H,14,15,16). The monoisotopic (exact) mass is 247 g/mol. The van der Waals surface area contributed by atoms with E-state index in [9.17, 15) is 0 Å². The van der Waals surface area contributed by atoms with Crippen molar-refractivity contribution in [3.8, 4) is 11.6 Å². The Morgan fingerprint density at radius 1 is 1.33 bits per heavy atom. The summed E-state index contributed by atoms with van der Waals surface area (Å²) in [6.07, 6.45) is 2.78. The lowest BCUT2D eigenvalue weighted by atomic mass is 10.3. The molecule has 0 amide bonds. The van der Waals surface area contributed by atoms with E-state index in [1.807, 2.05) is 13.0 Å². The Morgan fingerprint density at radius 2 is 2.28 bits per heavy atom. The van der Waals surface area contributed by atoms with Gasteiger partial charge in [-0.25, -0.2) is 0 Å². The number of hydrogen-bond donors (Lipinski definition) is 2. The van der Waals surface area contributed by atoms with Gasteiger partial charge < -0.3 is 14.6 Å². The first kappa shape index (κ1) is 11.3. The molecule has 2 aromatic rings. The molecule has 18 heavy (non-hydrogen) atoms. The largest absolute Gasteiger partial charge is 0.461 e. The zero-order valence-corrected chi connectivity index (χ0v) is 10.4. The van der Waals surface area contributed by atoms with Crippen LogP contribution in [0.5, 0.6) is 0 Å². The van der Waals surface area contributed by atoms with Gasteiger partial charge in [-0.2, -0.15) is 4.98 Å². The smallest absolute Gasteiger partial charge is 0.245 e. The molecule has 3 rings (SSSR count). The predicted molar refractivity (Wildman–Crippen MR) is 68.5 cm³/mol. The average molecular weight is 247 g/mol. The first-order valence-corrected chi connectivity index (χ1v) is 6.27. The second-order valence-corrected chi connectivity index (χ2v) is 4.51. The van der Waals surface area contributed by atoms with E-state index >= 15 is 0 Å². The van der Waals surface area contributed by atoms with Crippen LogP contribution in [-0.2, 0) is 0 Å². The second-order valence-electron chi connectivity index (χ2n) is 4.51. The van der Waals surface area contributed by atoms with Gasteiger partial charge in [-0.1, -0.05) is 0 Å². The highest BCUT2D eigenvalue weighted by Gasteiger charge is 2.16. The molecule has 3 heterocycles. The van der Waals surface area contributed by atoms with Crippen LogP contribution in [0.3, 0.4) is 0 Å². The van der Waals surface area contributed by atoms with Gasteiger partial charge in [0, 0.05) is 19.6 Å². The first-order chi connectivity index (χ1) is 8.84. The molecule has 96 valence electrons. The van der Waals surface area contributed by atoms with Crippen LogP contribution in [0.15, 0.2) is 16.7 Å². The molecular formula is C12H17N5O. The quantitative estimate of drug-likeness (QED) is 0.833. The van der Waals surface area contributed by atoms with Gasteiger partial charge >= 0.3 is 0 Å². The summed E-state index contributed by atoms with van der Waals surface area (Å²) in [5.74, 6) is 2.22. The summed E-state index contributed by atoms with van der Waals surface area (Å²) in [7, 11) is 0. The van der Waals surface area contributed by atoms with Crippen molar-refractivity contribution in [2.75, 3.05) is 31.1 Å². The van der Waals surface area contributed by atoms with Crippen molar-refractivity contribution < 1.29 is 4.42 Å². The highest BCUT2D eigenvalue weighted by molar-refractivity contribution is 5.53. The Balaban J connectivity index is 1.82. The van der Waals surface area contributed by atoms with Crippen LogP contribution in [0.1, 0.15) is 12.0 Å². The first-order valence-electron chi connectivity index (χ1n) is 6.27. The number of H-pyrrole nitrogens is 1. The number of nitrogens with one attached hydrogen (secondary N) is 2. The molecule has 2 N–H and O–H groups in total. The minimum absolute atomic E-state index is 0.699. The van der Waals surface area contributed by atoms with Crippen molar-refractivity contribution in [1.29, 1.82) is 0 Å². The molecular weight excluding hydrogens is 230 g/mol. The van der Waals surface area contributed by atoms with Crippen molar-refractivity contribution in [3.63, 3.8) is 0 Å². The summed E-state index contributed by atoms with van der Waals surface area (Å²) < 4.78 is 5.41. The summed E-state index contributed by atoms with van der Waals surface area (Å²) in [6, 6.07) is 1.92. The van der Waals surface area contributed by atoms with Crippen LogP contribution >= 0.6 is 0 Å². The molecule has 0 saturated carbocycles. The lowest BCUT2D eigenvalue weighted by molar-refractivity contribution is 0.576. The molecule has 0 bridgehead atoms. The second kappa shape index (κ2) is 4.81. The third kappa shape index (κ3) is 2.11. The summed E-state index contributed by atoms with van der Waals surface area (Å²) in [6.45, 7) is 5.96. The maximum Gasteiger partial charge on any atom is 0.245 e. The molecule has 1 aliphatic rings. The summed E-state index contributed by atoms with van der Waals surface area (Å²) in [5, 5.41) is 10.6. The number of nitrogens with zero attached hydrogens (tertiary/aromatic N) is 3. The van der Waals surface area contributed by atoms with E-state index in [2.05, 4.69) is 25.4 Å². The number of aromatic amines is 1. The molecule has 0 spiro atoms. The predicted octanol–water partition coefficient (Wildman–Crippen LogP) is 1.17. The number of anilines is 1. The number of aryl methyl sites for hydroxylation is 1. The maximum atomic E-state index is 5.41. The van der Waals surface area contributed by atoms with Crippen LogP contribution in [0.4, 0.5) is 5.95 Å². The number of furan rings is 1. The molecule has 1 fully saturated rings. The molecule has 2 aromatic heterocycles. The zero-order valence-electron chi connectivity index (χ0n) is 10.4. The van der Waals surface area contributed by atoms with Crippen LogP contribution in [0.25, 0.3) is 11.6 Å². The van der Waals surface area contributed by atoms with Crippen LogP contribution < -0.4 is 10.2 Å². The van der Waals surface area contributed by atoms with Gasteiger partial charge in [0.15, 0.2) is 11.6 Å². The molecule has 0 radical (unpaired) electrons. The Labute approximate surface area is 105 Å². The van der Waals surface area contributed by atoms with Gasteiger partial charge in [-0.05, 0) is 31.5 Å². The zero-order chi connectivity index (χ0) is 12.4. The summed E-state index contributed by atoms with van der Waals surface area (Å²) in [4.78, 5) is 6.71. The van der Waals surface area contributed by atoms with E-state index in [0.717, 1.165) is 49.9 Å². The van der Waals surface area contributed by atoms with Crippen molar-refractivity contribution >= 4 is 5.95 Å². The van der Waals surface area contributed by atoms with E-state index < -0.39 is 0 Å². The van der Waals surface area contributed by atoms with Crippen molar-refractivity contribution in [1.82, 2.24) is 20.5 Å². The van der Waals surface area contributed by atoms with Gasteiger partial charge in [0.1, 0.15) is 0 Å². The van der Waals surface area contributed by atoms with E-state index in [1.54, 1.807) is 6.26 Å². The fraction of sp³-hybridized carbons (Fsp3) is 0.500. The summed E-state index contributed by atoms with van der Waals surface area (Å²) >= 11 is 0. The lowest BCUT2D eigenvalue weighted by Crippen LogP contribution is -2.28. The van der Waals surface area contributed by atoms with Gasteiger partial charge in [-0.3, -0.25) is 5.10 Å². The normalized spacial score (nSPS) is 16.8. The maximum absolute atomic E-state index is 5.41. The van der Waals surface area contributed by atoms with Crippen molar-refractivity contribution in [3.05, 3.63) is 17.9 Å². The minimum Gasteiger partial charge on any atom is -0.461 e. The summed E-state index contributed by atoms with van der Waals surface area (Å²) in [5.41, 5.74) is 1.07. The van der Waals surface area contributed by atoms with E-state index in [4.69, 9.17) is 4.42 Å². The van der Waals surface area contributed by atoms with Crippen LogP contribution in [0.2, 0.25) is 0 Å². The number of rotatable bonds is 2. The molecule has 0 unspecified atom stereocenters. The topological polar surface area (TPSA) is 70.0 Å². The molecule has 6 nitrogen and oxygen atoms in total.